The van der Waals surface area contributed by atoms with E-state index in [1.165, 1.54) is 12.8 Å². The Balaban J connectivity index is 1.64. The van der Waals surface area contributed by atoms with E-state index in [2.05, 4.69) is 20.4 Å². The largest absolute Gasteiger partial charge is 0.399 e. The summed E-state index contributed by atoms with van der Waals surface area (Å²) in [6.07, 6.45) is 3.76. The van der Waals surface area contributed by atoms with Crippen molar-refractivity contribution in [2.24, 2.45) is 0 Å². The number of likely N-dealkylation sites (tertiary alicyclic amines) is 1. The van der Waals surface area contributed by atoms with Gasteiger partial charge in [-0.2, -0.15) is 0 Å². The van der Waals surface area contributed by atoms with Crippen LogP contribution in [0.2, 0.25) is 0 Å². The van der Waals surface area contributed by atoms with Crippen LogP contribution in [0.25, 0.3) is 11.4 Å². The summed E-state index contributed by atoms with van der Waals surface area (Å²) >= 11 is 0. The predicted octanol–water partition coefficient (Wildman–Crippen LogP) is 0.914. The Labute approximate surface area is 122 Å². The minimum absolute atomic E-state index is 0.332. The highest BCUT2D eigenvalue weighted by Crippen LogP contribution is 2.34. The number of nitrogen functional groups attached to an aromatic ring is 2. The fourth-order valence-electron chi connectivity index (χ4n) is 3.17. The summed E-state index contributed by atoms with van der Waals surface area (Å²) in [5.74, 6) is 0.747. The number of anilines is 2. The fourth-order valence-corrected chi connectivity index (χ4v) is 3.17. The van der Waals surface area contributed by atoms with Gasteiger partial charge in [-0.25, -0.2) is 4.68 Å². The molecule has 1 aliphatic carbocycles. The fraction of sp³-hybridized carbons (Fsp3) is 0.500. The van der Waals surface area contributed by atoms with Crippen LogP contribution in [0.1, 0.15) is 25.3 Å². The summed E-state index contributed by atoms with van der Waals surface area (Å²) in [4.78, 5) is 2.55. The number of nitrogens with zero attached hydrogens (tertiary/aromatic N) is 5. The molecule has 1 aromatic carbocycles. The van der Waals surface area contributed by atoms with Crippen LogP contribution >= 0.6 is 0 Å². The molecular formula is C14H19N7. The lowest BCUT2D eigenvalue weighted by molar-refractivity contribution is 0.309. The molecule has 2 aromatic rings. The van der Waals surface area contributed by atoms with Crippen molar-refractivity contribution in [2.75, 3.05) is 24.6 Å². The highest BCUT2D eigenvalue weighted by molar-refractivity contribution is 5.67. The second-order valence-electron chi connectivity index (χ2n) is 6.00. The van der Waals surface area contributed by atoms with Gasteiger partial charge in [-0.1, -0.05) is 0 Å². The summed E-state index contributed by atoms with van der Waals surface area (Å²) in [7, 11) is 0. The predicted molar refractivity (Wildman–Crippen MR) is 80.3 cm³/mol. The number of hydrogen-bond acceptors (Lipinski definition) is 6. The molecule has 2 heterocycles. The molecule has 0 amide bonds. The molecule has 1 aliphatic heterocycles. The van der Waals surface area contributed by atoms with Crippen molar-refractivity contribution in [3.05, 3.63) is 18.2 Å². The molecule has 2 aliphatic rings. The Kier molecular flexibility index (Phi) is 2.81. The monoisotopic (exact) mass is 285 g/mol. The second kappa shape index (κ2) is 4.70. The van der Waals surface area contributed by atoms with Gasteiger partial charge in [0.05, 0.1) is 6.04 Å². The van der Waals surface area contributed by atoms with E-state index in [9.17, 15) is 0 Å². The molecule has 1 saturated heterocycles. The van der Waals surface area contributed by atoms with E-state index in [1.807, 2.05) is 16.8 Å². The standard InChI is InChI=1S/C14H19N7/c15-10-5-9(6-11(16)7-10)14-17-18-19-21(14)13-3-4-20(8-13)12-1-2-12/h5-7,12-13H,1-4,8,15-16H2. The van der Waals surface area contributed by atoms with Crippen molar-refractivity contribution in [3.8, 4) is 11.4 Å². The van der Waals surface area contributed by atoms with Crippen LogP contribution in [0, 0.1) is 0 Å². The van der Waals surface area contributed by atoms with Gasteiger partial charge in [-0.15, -0.1) is 5.10 Å². The molecule has 4 N–H and O–H groups in total. The molecule has 0 spiro atoms. The number of benzene rings is 1. The number of tetrazole rings is 1. The topological polar surface area (TPSA) is 98.9 Å². The molecule has 7 heteroatoms. The molecule has 2 fully saturated rings. The lowest BCUT2D eigenvalue weighted by atomic mass is 10.1. The summed E-state index contributed by atoms with van der Waals surface area (Å²) < 4.78 is 1.93. The first-order chi connectivity index (χ1) is 10.2. The summed E-state index contributed by atoms with van der Waals surface area (Å²) in [5.41, 5.74) is 13.9. The highest BCUT2D eigenvalue weighted by atomic mass is 15.6. The SMILES string of the molecule is Nc1cc(N)cc(-c2nnnn2C2CCN(C3CC3)C2)c1. The Hall–Kier alpha value is -2.15. The molecule has 0 bridgehead atoms. The van der Waals surface area contributed by atoms with Crippen molar-refractivity contribution in [3.63, 3.8) is 0 Å². The van der Waals surface area contributed by atoms with Crippen LogP contribution in [0.3, 0.4) is 0 Å². The Morgan fingerprint density at radius 3 is 2.48 bits per heavy atom. The van der Waals surface area contributed by atoms with E-state index in [1.54, 1.807) is 6.07 Å². The zero-order valence-corrected chi connectivity index (χ0v) is 11.8. The Morgan fingerprint density at radius 1 is 1.00 bits per heavy atom. The van der Waals surface area contributed by atoms with Gasteiger partial charge < -0.3 is 11.5 Å². The zero-order valence-electron chi connectivity index (χ0n) is 11.8. The first-order valence-electron chi connectivity index (χ1n) is 7.39. The maximum atomic E-state index is 5.87. The molecule has 4 rings (SSSR count). The highest BCUT2D eigenvalue weighted by Gasteiger charge is 2.36. The van der Waals surface area contributed by atoms with Gasteiger partial charge in [0.1, 0.15) is 0 Å². The smallest absolute Gasteiger partial charge is 0.182 e. The molecule has 110 valence electrons. The Morgan fingerprint density at radius 2 is 1.76 bits per heavy atom. The summed E-state index contributed by atoms with van der Waals surface area (Å²) in [5, 5.41) is 12.2. The second-order valence-corrected chi connectivity index (χ2v) is 6.00. The summed E-state index contributed by atoms with van der Waals surface area (Å²) in [6, 6.07) is 6.59. The third-order valence-electron chi connectivity index (χ3n) is 4.33. The molecule has 0 radical (unpaired) electrons. The molecule has 1 saturated carbocycles. The minimum atomic E-state index is 0.332. The number of aromatic nitrogens is 4. The van der Waals surface area contributed by atoms with Crippen molar-refractivity contribution in [1.82, 2.24) is 25.1 Å². The number of rotatable bonds is 3. The van der Waals surface area contributed by atoms with E-state index in [4.69, 9.17) is 11.5 Å². The van der Waals surface area contributed by atoms with Crippen LogP contribution < -0.4 is 11.5 Å². The average Bonchev–Trinajstić information content (AvgIpc) is 3.00. The summed E-state index contributed by atoms with van der Waals surface area (Å²) in [6.45, 7) is 2.16. The molecule has 7 nitrogen and oxygen atoms in total. The minimum Gasteiger partial charge on any atom is -0.399 e. The molecule has 1 aromatic heterocycles. The van der Waals surface area contributed by atoms with Crippen molar-refractivity contribution < 1.29 is 0 Å². The van der Waals surface area contributed by atoms with E-state index in [-0.39, 0.29) is 0 Å². The third kappa shape index (κ3) is 2.33. The molecule has 1 unspecified atom stereocenters. The Bertz CT molecular complexity index is 641. The third-order valence-corrected chi connectivity index (χ3v) is 4.33. The first-order valence-corrected chi connectivity index (χ1v) is 7.39. The van der Waals surface area contributed by atoms with Gasteiger partial charge in [0, 0.05) is 36.1 Å². The van der Waals surface area contributed by atoms with Gasteiger partial charge >= 0.3 is 0 Å². The van der Waals surface area contributed by atoms with Crippen LogP contribution in [-0.4, -0.2) is 44.2 Å². The molecular weight excluding hydrogens is 266 g/mol. The van der Waals surface area contributed by atoms with Gasteiger partial charge in [-0.05, 0) is 47.9 Å². The van der Waals surface area contributed by atoms with Crippen LogP contribution in [-0.2, 0) is 0 Å². The van der Waals surface area contributed by atoms with E-state index in [0.29, 0.717) is 17.4 Å². The van der Waals surface area contributed by atoms with Crippen molar-refractivity contribution >= 4 is 11.4 Å². The van der Waals surface area contributed by atoms with E-state index >= 15 is 0 Å². The molecule has 1 atom stereocenters. The van der Waals surface area contributed by atoms with Gasteiger partial charge in [0.2, 0.25) is 0 Å². The van der Waals surface area contributed by atoms with Gasteiger partial charge in [0.25, 0.3) is 0 Å². The van der Waals surface area contributed by atoms with Crippen LogP contribution in [0.15, 0.2) is 18.2 Å². The normalized spacial score (nSPS) is 22.8. The number of hydrogen-bond donors (Lipinski definition) is 2. The lowest BCUT2D eigenvalue weighted by Crippen LogP contribution is -2.24. The van der Waals surface area contributed by atoms with Gasteiger partial charge in [0.15, 0.2) is 5.82 Å². The van der Waals surface area contributed by atoms with Crippen molar-refractivity contribution in [1.29, 1.82) is 0 Å². The quantitative estimate of drug-likeness (QED) is 0.813. The van der Waals surface area contributed by atoms with E-state index < -0.39 is 0 Å². The average molecular weight is 285 g/mol. The van der Waals surface area contributed by atoms with Crippen LogP contribution in [0.5, 0.6) is 0 Å². The van der Waals surface area contributed by atoms with Crippen LogP contribution in [0.4, 0.5) is 11.4 Å². The maximum absolute atomic E-state index is 5.87. The van der Waals surface area contributed by atoms with E-state index in [0.717, 1.165) is 36.9 Å². The first kappa shape index (κ1) is 12.6. The van der Waals surface area contributed by atoms with Crippen molar-refractivity contribution in [2.45, 2.75) is 31.3 Å². The maximum Gasteiger partial charge on any atom is 0.182 e. The lowest BCUT2D eigenvalue weighted by Gasteiger charge is -2.15. The van der Waals surface area contributed by atoms with Gasteiger partial charge in [-0.3, -0.25) is 4.90 Å². The number of nitrogens with two attached hydrogens (primary N) is 2. The zero-order chi connectivity index (χ0) is 14.4. The molecule has 21 heavy (non-hydrogen) atoms.